The van der Waals surface area contributed by atoms with E-state index in [2.05, 4.69) is 10.7 Å². The molecule has 8 nitrogen and oxygen atoms in total. The smallest absolute Gasteiger partial charge is 0.340 e. The predicted octanol–water partition coefficient (Wildman–Crippen LogP) is 0.311. The molecule has 1 saturated heterocycles. The molecular weight excluding hydrogens is 302 g/mol. The first kappa shape index (κ1) is 16.5. The molecule has 0 saturated carbocycles. The second kappa shape index (κ2) is 6.91. The van der Waals surface area contributed by atoms with E-state index in [0.29, 0.717) is 0 Å². The highest BCUT2D eigenvalue weighted by molar-refractivity contribution is 6.09. The molecule has 0 aromatic heterocycles. The SMILES string of the molecule is CCOC(=O)c1ccccc1NC(=O)CC1C(=O)NN(C)C1=O. The van der Waals surface area contributed by atoms with Crippen LogP contribution in [0.5, 0.6) is 0 Å². The summed E-state index contributed by atoms with van der Waals surface area (Å²) in [7, 11) is 1.41. The van der Waals surface area contributed by atoms with Crippen molar-refractivity contribution in [3.63, 3.8) is 0 Å². The number of ether oxygens (including phenoxy) is 1. The van der Waals surface area contributed by atoms with Gasteiger partial charge in [-0.3, -0.25) is 24.8 Å². The van der Waals surface area contributed by atoms with Gasteiger partial charge in [-0.1, -0.05) is 12.1 Å². The zero-order chi connectivity index (χ0) is 17.0. The van der Waals surface area contributed by atoms with E-state index in [1.807, 2.05) is 0 Å². The lowest BCUT2D eigenvalue weighted by molar-refractivity contribution is -0.134. The number of rotatable bonds is 5. The van der Waals surface area contributed by atoms with Gasteiger partial charge in [0, 0.05) is 13.5 Å². The van der Waals surface area contributed by atoms with Gasteiger partial charge in [-0.05, 0) is 19.1 Å². The standard InChI is InChI=1S/C15H17N3O5/c1-3-23-15(22)9-6-4-5-7-11(9)16-12(19)8-10-13(20)17-18(2)14(10)21/h4-7,10H,3,8H2,1-2H3,(H,16,19)(H,17,20). The summed E-state index contributed by atoms with van der Waals surface area (Å²) in [5.41, 5.74) is 2.81. The van der Waals surface area contributed by atoms with Crippen LogP contribution in [0.3, 0.4) is 0 Å². The highest BCUT2D eigenvalue weighted by Crippen LogP contribution is 2.19. The summed E-state index contributed by atoms with van der Waals surface area (Å²) < 4.78 is 4.92. The first-order chi connectivity index (χ1) is 10.9. The molecule has 1 aromatic carbocycles. The molecule has 3 amide bonds. The third-order valence-electron chi connectivity index (χ3n) is 3.31. The fraction of sp³-hybridized carbons (Fsp3) is 0.333. The molecule has 1 aliphatic rings. The van der Waals surface area contributed by atoms with Gasteiger partial charge in [0.05, 0.1) is 17.9 Å². The highest BCUT2D eigenvalue weighted by Gasteiger charge is 2.38. The molecule has 23 heavy (non-hydrogen) atoms. The molecule has 0 spiro atoms. The highest BCUT2D eigenvalue weighted by atomic mass is 16.5. The van der Waals surface area contributed by atoms with Crippen molar-refractivity contribution < 1.29 is 23.9 Å². The Morgan fingerprint density at radius 2 is 2.00 bits per heavy atom. The summed E-state index contributed by atoms with van der Waals surface area (Å²) in [6.45, 7) is 1.89. The summed E-state index contributed by atoms with van der Waals surface area (Å²) >= 11 is 0. The fourth-order valence-corrected chi connectivity index (χ4v) is 2.19. The van der Waals surface area contributed by atoms with Crippen molar-refractivity contribution in [2.24, 2.45) is 5.92 Å². The van der Waals surface area contributed by atoms with E-state index in [1.54, 1.807) is 25.1 Å². The van der Waals surface area contributed by atoms with Crippen molar-refractivity contribution >= 4 is 29.4 Å². The first-order valence-corrected chi connectivity index (χ1v) is 7.08. The molecule has 2 N–H and O–H groups in total. The van der Waals surface area contributed by atoms with Crippen LogP contribution in [0.4, 0.5) is 5.69 Å². The third kappa shape index (κ3) is 3.65. The van der Waals surface area contributed by atoms with Crippen molar-refractivity contribution in [3.05, 3.63) is 29.8 Å². The van der Waals surface area contributed by atoms with Crippen LogP contribution in [0.2, 0.25) is 0 Å². The maximum absolute atomic E-state index is 12.1. The number of para-hydroxylation sites is 1. The summed E-state index contributed by atoms with van der Waals surface area (Å²) in [6.07, 6.45) is -0.299. The van der Waals surface area contributed by atoms with E-state index in [-0.39, 0.29) is 24.3 Å². The number of carbonyl (C=O) groups is 4. The minimum Gasteiger partial charge on any atom is -0.462 e. The number of benzene rings is 1. The van der Waals surface area contributed by atoms with Crippen LogP contribution in [0, 0.1) is 5.92 Å². The molecule has 1 atom stereocenters. The van der Waals surface area contributed by atoms with E-state index in [1.165, 1.54) is 13.1 Å². The van der Waals surface area contributed by atoms with Crippen molar-refractivity contribution in [1.29, 1.82) is 0 Å². The molecule has 1 unspecified atom stereocenters. The van der Waals surface area contributed by atoms with Gasteiger partial charge in [0.25, 0.3) is 11.8 Å². The van der Waals surface area contributed by atoms with Gasteiger partial charge in [-0.25, -0.2) is 4.79 Å². The first-order valence-electron chi connectivity index (χ1n) is 7.08. The topological polar surface area (TPSA) is 105 Å². The second-order valence-electron chi connectivity index (χ2n) is 4.94. The van der Waals surface area contributed by atoms with Crippen LogP contribution in [0.15, 0.2) is 24.3 Å². The molecule has 1 heterocycles. The van der Waals surface area contributed by atoms with Gasteiger partial charge in [0.1, 0.15) is 5.92 Å². The quantitative estimate of drug-likeness (QED) is 0.600. The molecule has 122 valence electrons. The Labute approximate surface area is 132 Å². The Balaban J connectivity index is 2.08. The molecule has 8 heteroatoms. The average molecular weight is 319 g/mol. The Kier molecular flexibility index (Phi) is 4.95. The van der Waals surface area contributed by atoms with E-state index in [9.17, 15) is 19.2 Å². The van der Waals surface area contributed by atoms with Crippen LogP contribution < -0.4 is 10.7 Å². The molecule has 0 radical (unpaired) electrons. The molecular formula is C15H17N3O5. The van der Waals surface area contributed by atoms with Crippen molar-refractivity contribution in [2.45, 2.75) is 13.3 Å². The third-order valence-corrected chi connectivity index (χ3v) is 3.31. The number of hydrogen-bond donors (Lipinski definition) is 2. The number of nitrogens with zero attached hydrogens (tertiary/aromatic N) is 1. The number of esters is 1. The molecule has 1 fully saturated rings. The van der Waals surface area contributed by atoms with Crippen LogP contribution in [0.1, 0.15) is 23.7 Å². The van der Waals surface area contributed by atoms with Crippen molar-refractivity contribution in [2.75, 3.05) is 19.0 Å². The van der Waals surface area contributed by atoms with Crippen molar-refractivity contribution in [1.82, 2.24) is 10.4 Å². The maximum atomic E-state index is 12.1. The second-order valence-corrected chi connectivity index (χ2v) is 4.94. The minimum atomic E-state index is -1.06. The van der Waals surface area contributed by atoms with Crippen LogP contribution >= 0.6 is 0 Å². The van der Waals surface area contributed by atoms with Crippen LogP contribution in [-0.4, -0.2) is 42.4 Å². The minimum absolute atomic E-state index is 0.210. The maximum Gasteiger partial charge on any atom is 0.340 e. The van der Waals surface area contributed by atoms with Gasteiger partial charge in [0.2, 0.25) is 5.91 Å². The Morgan fingerprint density at radius 3 is 2.61 bits per heavy atom. The largest absolute Gasteiger partial charge is 0.462 e. The molecule has 2 rings (SSSR count). The van der Waals surface area contributed by atoms with Crippen LogP contribution in [-0.2, 0) is 19.1 Å². The monoisotopic (exact) mass is 319 g/mol. The van der Waals surface area contributed by atoms with Gasteiger partial charge < -0.3 is 10.1 Å². The summed E-state index contributed by atoms with van der Waals surface area (Å²) in [5.74, 6) is -3.15. The molecule has 0 aliphatic carbocycles. The van der Waals surface area contributed by atoms with E-state index in [4.69, 9.17) is 4.74 Å². The molecule has 1 aliphatic heterocycles. The van der Waals surface area contributed by atoms with Crippen molar-refractivity contribution in [3.8, 4) is 0 Å². The van der Waals surface area contributed by atoms with Crippen LogP contribution in [0.25, 0.3) is 0 Å². The Bertz CT molecular complexity index is 658. The predicted molar refractivity (Wildman–Crippen MR) is 80.0 cm³/mol. The average Bonchev–Trinajstić information content (AvgIpc) is 2.74. The Hall–Kier alpha value is -2.90. The lowest BCUT2D eigenvalue weighted by Crippen LogP contribution is -2.31. The van der Waals surface area contributed by atoms with E-state index < -0.39 is 29.6 Å². The lowest BCUT2D eigenvalue weighted by Gasteiger charge is -2.11. The number of carbonyl (C=O) groups excluding carboxylic acids is 4. The van der Waals surface area contributed by atoms with E-state index >= 15 is 0 Å². The van der Waals surface area contributed by atoms with Gasteiger partial charge in [-0.15, -0.1) is 0 Å². The summed E-state index contributed by atoms with van der Waals surface area (Å²) in [5, 5.41) is 3.59. The molecule has 0 bridgehead atoms. The summed E-state index contributed by atoms with van der Waals surface area (Å²) in [6, 6.07) is 6.37. The molecule has 1 aromatic rings. The van der Waals surface area contributed by atoms with Gasteiger partial charge in [0.15, 0.2) is 0 Å². The number of hydrogen-bond acceptors (Lipinski definition) is 5. The Morgan fingerprint density at radius 1 is 1.30 bits per heavy atom. The number of nitrogens with one attached hydrogen (secondary N) is 2. The number of hydrazine groups is 1. The zero-order valence-corrected chi connectivity index (χ0v) is 12.8. The number of anilines is 1. The lowest BCUT2D eigenvalue weighted by atomic mass is 10.0. The van der Waals surface area contributed by atoms with Gasteiger partial charge in [-0.2, -0.15) is 0 Å². The fourth-order valence-electron chi connectivity index (χ4n) is 2.19. The van der Waals surface area contributed by atoms with E-state index in [0.717, 1.165) is 5.01 Å². The summed E-state index contributed by atoms with van der Waals surface area (Å²) in [4.78, 5) is 47.3. The zero-order valence-electron chi connectivity index (χ0n) is 12.8. The number of amides is 3. The normalized spacial score (nSPS) is 17.0. The van der Waals surface area contributed by atoms with Gasteiger partial charge >= 0.3 is 5.97 Å².